The van der Waals surface area contributed by atoms with Crippen LogP contribution in [0.3, 0.4) is 0 Å². The van der Waals surface area contributed by atoms with Crippen molar-refractivity contribution in [2.24, 2.45) is 0 Å². The molecule has 0 aromatic carbocycles. The van der Waals surface area contributed by atoms with Gasteiger partial charge in [-0.2, -0.15) is 4.98 Å². The largest absolute Gasteiger partial charge is 0.339 e. The van der Waals surface area contributed by atoms with E-state index in [4.69, 9.17) is 4.52 Å². The van der Waals surface area contributed by atoms with Crippen LogP contribution in [0.15, 0.2) is 4.52 Å². The summed E-state index contributed by atoms with van der Waals surface area (Å²) in [6, 6.07) is 0. The lowest BCUT2D eigenvalue weighted by Crippen LogP contribution is -2.30. The number of aryl methyl sites for hydroxylation is 1. The highest BCUT2D eigenvalue weighted by molar-refractivity contribution is 4.95. The van der Waals surface area contributed by atoms with E-state index in [1.165, 1.54) is 19.4 Å². The van der Waals surface area contributed by atoms with E-state index in [-0.39, 0.29) is 0 Å². The Morgan fingerprint density at radius 1 is 1.40 bits per heavy atom. The van der Waals surface area contributed by atoms with Gasteiger partial charge in [-0.15, -0.1) is 0 Å². The lowest BCUT2D eigenvalue weighted by molar-refractivity contribution is 0.220. The molecule has 0 amide bonds. The Kier molecular flexibility index (Phi) is 4.75. The van der Waals surface area contributed by atoms with Crippen LogP contribution in [0, 0.1) is 6.92 Å². The summed E-state index contributed by atoms with van der Waals surface area (Å²) in [6.07, 6.45) is 2.40. The van der Waals surface area contributed by atoms with Gasteiger partial charge in [0.2, 0.25) is 5.89 Å². The first-order valence-electron chi connectivity index (χ1n) is 5.74. The molecule has 0 aliphatic carbocycles. The predicted molar refractivity (Wildman–Crippen MR) is 59.9 cm³/mol. The zero-order chi connectivity index (χ0) is 11.3. The molecule has 1 unspecified atom stereocenters. The van der Waals surface area contributed by atoms with Gasteiger partial charge in [0.05, 0.1) is 5.92 Å². The van der Waals surface area contributed by atoms with Gasteiger partial charge in [0.25, 0.3) is 0 Å². The molecule has 4 nitrogen and oxygen atoms in total. The Hall–Kier alpha value is -0.900. The summed E-state index contributed by atoms with van der Waals surface area (Å²) in [5, 5.41) is 3.81. The molecule has 0 radical (unpaired) electrons. The van der Waals surface area contributed by atoms with E-state index in [0.717, 1.165) is 18.3 Å². The van der Waals surface area contributed by atoms with Crippen molar-refractivity contribution >= 4 is 0 Å². The van der Waals surface area contributed by atoms with E-state index < -0.39 is 0 Å². The van der Waals surface area contributed by atoms with E-state index in [9.17, 15) is 0 Å². The van der Waals surface area contributed by atoms with Crippen molar-refractivity contribution in [3.63, 3.8) is 0 Å². The van der Waals surface area contributed by atoms with Crippen LogP contribution >= 0.6 is 0 Å². The average Bonchev–Trinajstić information content (AvgIpc) is 2.68. The maximum atomic E-state index is 5.16. The standard InChI is InChI=1S/C9H15N3O.C2H6/c1-7-10-9(13-11-7)8-4-3-5-12(2)6-8;1-2/h8H,3-6H2,1-2H3;1-2H3. The summed E-state index contributed by atoms with van der Waals surface area (Å²) in [6.45, 7) is 8.09. The zero-order valence-corrected chi connectivity index (χ0v) is 10.2. The summed E-state index contributed by atoms with van der Waals surface area (Å²) in [7, 11) is 2.13. The number of nitrogens with zero attached hydrogens (tertiary/aromatic N) is 3. The highest BCUT2D eigenvalue weighted by atomic mass is 16.5. The van der Waals surface area contributed by atoms with E-state index in [1.54, 1.807) is 0 Å². The topological polar surface area (TPSA) is 42.2 Å². The van der Waals surface area contributed by atoms with Crippen LogP contribution < -0.4 is 0 Å². The number of hydrogen-bond acceptors (Lipinski definition) is 4. The van der Waals surface area contributed by atoms with Gasteiger partial charge in [-0.1, -0.05) is 19.0 Å². The maximum absolute atomic E-state index is 5.16. The summed E-state index contributed by atoms with van der Waals surface area (Å²) in [5.74, 6) is 1.99. The number of hydrogen-bond donors (Lipinski definition) is 0. The maximum Gasteiger partial charge on any atom is 0.231 e. The van der Waals surface area contributed by atoms with E-state index >= 15 is 0 Å². The fourth-order valence-corrected chi connectivity index (χ4v) is 1.85. The Morgan fingerprint density at radius 3 is 2.67 bits per heavy atom. The molecule has 15 heavy (non-hydrogen) atoms. The van der Waals surface area contributed by atoms with Crippen LogP contribution in [-0.4, -0.2) is 35.2 Å². The minimum atomic E-state index is 0.444. The second kappa shape index (κ2) is 5.85. The fourth-order valence-electron chi connectivity index (χ4n) is 1.85. The Labute approximate surface area is 91.7 Å². The molecule has 4 heteroatoms. The van der Waals surface area contributed by atoms with Gasteiger partial charge in [0.1, 0.15) is 0 Å². The third-order valence-corrected chi connectivity index (χ3v) is 2.52. The molecular formula is C11H21N3O. The van der Waals surface area contributed by atoms with Crippen molar-refractivity contribution in [2.45, 2.75) is 39.5 Å². The first-order chi connectivity index (χ1) is 7.25. The Bertz CT molecular complexity index is 285. The zero-order valence-electron chi connectivity index (χ0n) is 10.2. The molecule has 1 aromatic rings. The van der Waals surface area contributed by atoms with Crippen LogP contribution in [0.2, 0.25) is 0 Å². The summed E-state index contributed by atoms with van der Waals surface area (Å²) >= 11 is 0. The average molecular weight is 211 g/mol. The first kappa shape index (κ1) is 12.2. The molecule has 1 aromatic heterocycles. The van der Waals surface area contributed by atoms with Gasteiger partial charge >= 0.3 is 0 Å². The van der Waals surface area contributed by atoms with E-state index in [1.807, 2.05) is 20.8 Å². The van der Waals surface area contributed by atoms with Crippen LogP contribution in [-0.2, 0) is 0 Å². The molecule has 0 bridgehead atoms. The molecule has 0 spiro atoms. The Morgan fingerprint density at radius 2 is 2.13 bits per heavy atom. The molecule has 86 valence electrons. The van der Waals surface area contributed by atoms with Gasteiger partial charge in [-0.05, 0) is 33.4 Å². The normalized spacial score (nSPS) is 22.0. The third-order valence-electron chi connectivity index (χ3n) is 2.52. The quantitative estimate of drug-likeness (QED) is 0.714. The molecular weight excluding hydrogens is 190 g/mol. The van der Waals surface area contributed by atoms with Crippen LogP contribution in [0.4, 0.5) is 0 Å². The molecule has 2 heterocycles. The summed E-state index contributed by atoms with van der Waals surface area (Å²) in [5.41, 5.74) is 0. The number of rotatable bonds is 1. The monoisotopic (exact) mass is 211 g/mol. The van der Waals surface area contributed by atoms with Crippen molar-refractivity contribution in [3.8, 4) is 0 Å². The molecule has 1 aliphatic rings. The van der Waals surface area contributed by atoms with Crippen LogP contribution in [0.5, 0.6) is 0 Å². The molecule has 1 fully saturated rings. The lowest BCUT2D eigenvalue weighted by Gasteiger charge is -2.27. The molecule has 0 N–H and O–H groups in total. The SMILES string of the molecule is CC.Cc1noc(C2CCCN(C)C2)n1. The van der Waals surface area contributed by atoms with Crippen molar-refractivity contribution in [1.29, 1.82) is 0 Å². The van der Waals surface area contributed by atoms with Gasteiger partial charge < -0.3 is 9.42 Å². The summed E-state index contributed by atoms with van der Waals surface area (Å²) < 4.78 is 5.16. The summed E-state index contributed by atoms with van der Waals surface area (Å²) in [4.78, 5) is 6.58. The number of piperidine rings is 1. The first-order valence-corrected chi connectivity index (χ1v) is 5.74. The number of likely N-dealkylation sites (tertiary alicyclic amines) is 1. The predicted octanol–water partition coefficient (Wildman–Crippen LogP) is 2.21. The lowest BCUT2D eigenvalue weighted by atomic mass is 9.99. The molecule has 2 rings (SSSR count). The third kappa shape index (κ3) is 3.30. The molecule has 0 saturated carbocycles. The molecule has 1 aliphatic heterocycles. The van der Waals surface area contributed by atoms with Crippen LogP contribution in [0.1, 0.15) is 44.3 Å². The van der Waals surface area contributed by atoms with Crippen molar-refractivity contribution in [2.75, 3.05) is 20.1 Å². The van der Waals surface area contributed by atoms with Crippen molar-refractivity contribution in [3.05, 3.63) is 11.7 Å². The van der Waals surface area contributed by atoms with Gasteiger partial charge in [0, 0.05) is 6.54 Å². The molecule has 1 atom stereocenters. The van der Waals surface area contributed by atoms with Crippen LogP contribution in [0.25, 0.3) is 0 Å². The van der Waals surface area contributed by atoms with E-state index in [0.29, 0.717) is 5.92 Å². The second-order valence-corrected chi connectivity index (χ2v) is 3.78. The number of likely N-dealkylation sites (N-methyl/N-ethyl adjacent to an activating group) is 1. The minimum absolute atomic E-state index is 0.444. The smallest absolute Gasteiger partial charge is 0.231 e. The molecule has 1 saturated heterocycles. The highest BCUT2D eigenvalue weighted by Crippen LogP contribution is 2.24. The number of aromatic nitrogens is 2. The van der Waals surface area contributed by atoms with E-state index in [2.05, 4.69) is 22.1 Å². The van der Waals surface area contributed by atoms with Gasteiger partial charge in [-0.25, -0.2) is 0 Å². The van der Waals surface area contributed by atoms with Crippen molar-refractivity contribution in [1.82, 2.24) is 15.0 Å². The minimum Gasteiger partial charge on any atom is -0.339 e. The van der Waals surface area contributed by atoms with Gasteiger partial charge in [0.15, 0.2) is 5.82 Å². The van der Waals surface area contributed by atoms with Gasteiger partial charge in [-0.3, -0.25) is 0 Å². The second-order valence-electron chi connectivity index (χ2n) is 3.78. The fraction of sp³-hybridized carbons (Fsp3) is 0.818. The Balaban J connectivity index is 0.000000531. The van der Waals surface area contributed by atoms with Crippen molar-refractivity contribution < 1.29 is 4.52 Å². The highest BCUT2D eigenvalue weighted by Gasteiger charge is 2.23.